The lowest BCUT2D eigenvalue weighted by atomic mass is 10.0. The maximum Gasteiger partial charge on any atom is 0.0692 e. The van der Waals surface area contributed by atoms with E-state index in [-0.39, 0.29) is 6.10 Å². The van der Waals surface area contributed by atoms with Crippen molar-refractivity contribution < 1.29 is 5.11 Å². The Morgan fingerprint density at radius 3 is 2.00 bits per heavy atom. The summed E-state index contributed by atoms with van der Waals surface area (Å²) in [5.74, 6) is 0.648. The number of aliphatic hydroxyl groups is 1. The summed E-state index contributed by atoms with van der Waals surface area (Å²) in [4.78, 5) is 0. The van der Waals surface area contributed by atoms with Gasteiger partial charge in [0.05, 0.1) is 6.10 Å². The fourth-order valence-corrected chi connectivity index (χ4v) is 0.879. The highest BCUT2D eigenvalue weighted by Crippen LogP contribution is 2.08. The molecule has 0 aliphatic rings. The van der Waals surface area contributed by atoms with E-state index in [4.69, 9.17) is 5.11 Å². The van der Waals surface area contributed by atoms with Crippen LogP contribution in [-0.2, 0) is 0 Å². The van der Waals surface area contributed by atoms with Crippen LogP contribution in [0.1, 0.15) is 33.6 Å². The second-order valence-corrected chi connectivity index (χ2v) is 2.70. The van der Waals surface area contributed by atoms with E-state index in [1.165, 1.54) is 12.8 Å². The smallest absolute Gasteiger partial charge is 0.0692 e. The van der Waals surface area contributed by atoms with Crippen LogP contribution >= 0.6 is 0 Å². The fraction of sp³-hybridized carbons (Fsp3) is 0.778. The summed E-state index contributed by atoms with van der Waals surface area (Å²) < 4.78 is 0. The molecule has 0 aromatic rings. The van der Waals surface area contributed by atoms with E-state index < -0.39 is 0 Å². The molecule has 0 heterocycles. The van der Waals surface area contributed by atoms with Gasteiger partial charge in [0.15, 0.2) is 0 Å². The molecule has 0 bridgehead atoms. The molecule has 0 aliphatic carbocycles. The van der Waals surface area contributed by atoms with Crippen LogP contribution < -0.4 is 0 Å². The SMILES string of the molecule is CCC(/C=C/C(C)O)CC. The van der Waals surface area contributed by atoms with Gasteiger partial charge < -0.3 is 5.11 Å². The molecule has 1 atom stereocenters. The predicted octanol–water partition coefficient (Wildman–Crippen LogP) is 2.36. The normalized spacial score (nSPS) is 14.9. The zero-order valence-electron chi connectivity index (χ0n) is 7.17. The Hall–Kier alpha value is -0.300. The van der Waals surface area contributed by atoms with Crippen LogP contribution in [0, 0.1) is 5.92 Å². The van der Waals surface area contributed by atoms with Crippen molar-refractivity contribution in [1.82, 2.24) is 0 Å². The molecule has 0 aliphatic heterocycles. The van der Waals surface area contributed by atoms with Gasteiger partial charge in [-0.3, -0.25) is 0 Å². The first-order chi connectivity index (χ1) is 4.70. The fourth-order valence-electron chi connectivity index (χ4n) is 0.879. The lowest BCUT2D eigenvalue weighted by molar-refractivity contribution is 0.243. The lowest BCUT2D eigenvalue weighted by Gasteiger charge is -2.05. The largest absolute Gasteiger partial charge is 0.389 e. The second-order valence-electron chi connectivity index (χ2n) is 2.70. The van der Waals surface area contributed by atoms with E-state index in [1.54, 1.807) is 6.92 Å². The summed E-state index contributed by atoms with van der Waals surface area (Å²) in [6.45, 7) is 6.11. The zero-order chi connectivity index (χ0) is 7.98. The van der Waals surface area contributed by atoms with Crippen molar-refractivity contribution in [2.75, 3.05) is 0 Å². The molecule has 60 valence electrons. The Kier molecular flexibility index (Phi) is 5.32. The molecule has 0 aromatic heterocycles. The summed E-state index contributed by atoms with van der Waals surface area (Å²) in [6, 6.07) is 0. The molecule has 0 saturated carbocycles. The van der Waals surface area contributed by atoms with Crippen LogP contribution in [0.4, 0.5) is 0 Å². The third-order valence-electron chi connectivity index (χ3n) is 1.71. The van der Waals surface area contributed by atoms with Gasteiger partial charge in [-0.05, 0) is 25.7 Å². The molecular formula is C9H18O. The van der Waals surface area contributed by atoms with E-state index in [1.807, 2.05) is 6.08 Å². The van der Waals surface area contributed by atoms with Gasteiger partial charge in [-0.2, -0.15) is 0 Å². The molecule has 0 aromatic carbocycles. The van der Waals surface area contributed by atoms with Crippen molar-refractivity contribution in [3.63, 3.8) is 0 Å². The van der Waals surface area contributed by atoms with Gasteiger partial charge in [-0.1, -0.05) is 26.0 Å². The van der Waals surface area contributed by atoms with Gasteiger partial charge >= 0.3 is 0 Å². The molecule has 1 N–H and O–H groups in total. The van der Waals surface area contributed by atoms with Crippen LogP contribution in [0.15, 0.2) is 12.2 Å². The Morgan fingerprint density at radius 2 is 1.70 bits per heavy atom. The monoisotopic (exact) mass is 142 g/mol. The molecule has 0 spiro atoms. The van der Waals surface area contributed by atoms with Gasteiger partial charge in [0, 0.05) is 0 Å². The molecule has 1 heteroatoms. The number of allylic oxidation sites excluding steroid dienone is 1. The molecule has 0 radical (unpaired) electrons. The third-order valence-corrected chi connectivity index (χ3v) is 1.71. The highest BCUT2D eigenvalue weighted by Gasteiger charge is 1.96. The number of hydrogen-bond acceptors (Lipinski definition) is 1. The van der Waals surface area contributed by atoms with E-state index in [2.05, 4.69) is 19.9 Å². The lowest BCUT2D eigenvalue weighted by Crippen LogP contribution is -1.96. The number of hydrogen-bond donors (Lipinski definition) is 1. The standard InChI is InChI=1S/C9H18O/c1-4-9(5-2)7-6-8(3)10/h6-10H,4-5H2,1-3H3/b7-6+. The van der Waals surface area contributed by atoms with E-state index in [9.17, 15) is 0 Å². The number of rotatable bonds is 4. The molecular weight excluding hydrogens is 124 g/mol. The minimum Gasteiger partial charge on any atom is -0.389 e. The number of aliphatic hydroxyl groups excluding tert-OH is 1. The van der Waals surface area contributed by atoms with Crippen molar-refractivity contribution >= 4 is 0 Å². The first-order valence-electron chi connectivity index (χ1n) is 4.07. The van der Waals surface area contributed by atoms with Crippen molar-refractivity contribution in [2.45, 2.75) is 39.7 Å². The first-order valence-corrected chi connectivity index (χ1v) is 4.07. The maximum absolute atomic E-state index is 8.91. The van der Waals surface area contributed by atoms with E-state index in [0.717, 1.165) is 0 Å². The third kappa shape index (κ3) is 4.57. The summed E-state index contributed by atoms with van der Waals surface area (Å²) in [5, 5.41) is 8.91. The van der Waals surface area contributed by atoms with Gasteiger partial charge in [-0.25, -0.2) is 0 Å². The van der Waals surface area contributed by atoms with Crippen molar-refractivity contribution in [2.24, 2.45) is 5.92 Å². The van der Waals surface area contributed by atoms with Crippen LogP contribution in [0.2, 0.25) is 0 Å². The topological polar surface area (TPSA) is 20.2 Å². The van der Waals surface area contributed by atoms with E-state index in [0.29, 0.717) is 5.92 Å². The second kappa shape index (κ2) is 5.48. The van der Waals surface area contributed by atoms with Crippen LogP contribution in [0.25, 0.3) is 0 Å². The molecule has 10 heavy (non-hydrogen) atoms. The molecule has 1 unspecified atom stereocenters. The van der Waals surface area contributed by atoms with Gasteiger partial charge in [-0.15, -0.1) is 0 Å². The quantitative estimate of drug-likeness (QED) is 0.597. The van der Waals surface area contributed by atoms with Crippen molar-refractivity contribution in [1.29, 1.82) is 0 Å². The highest BCUT2D eigenvalue weighted by molar-refractivity contribution is 4.90. The molecule has 0 rings (SSSR count). The first kappa shape index (κ1) is 9.70. The van der Waals surface area contributed by atoms with Crippen LogP contribution in [-0.4, -0.2) is 11.2 Å². The van der Waals surface area contributed by atoms with Crippen LogP contribution in [0.5, 0.6) is 0 Å². The highest BCUT2D eigenvalue weighted by atomic mass is 16.3. The Morgan fingerprint density at radius 1 is 1.20 bits per heavy atom. The Bertz CT molecular complexity index is 90.9. The Labute approximate surface area is 63.8 Å². The van der Waals surface area contributed by atoms with Crippen molar-refractivity contribution in [3.8, 4) is 0 Å². The maximum atomic E-state index is 8.91. The predicted molar refractivity (Wildman–Crippen MR) is 44.9 cm³/mol. The summed E-state index contributed by atoms with van der Waals surface area (Å²) in [6.07, 6.45) is 6.00. The average molecular weight is 142 g/mol. The Balaban J connectivity index is 3.61. The summed E-state index contributed by atoms with van der Waals surface area (Å²) in [7, 11) is 0. The zero-order valence-corrected chi connectivity index (χ0v) is 7.17. The molecule has 0 amide bonds. The van der Waals surface area contributed by atoms with Gasteiger partial charge in [0.1, 0.15) is 0 Å². The summed E-state index contributed by atoms with van der Waals surface area (Å²) >= 11 is 0. The van der Waals surface area contributed by atoms with Gasteiger partial charge in [0.2, 0.25) is 0 Å². The van der Waals surface area contributed by atoms with Gasteiger partial charge in [0.25, 0.3) is 0 Å². The minimum absolute atomic E-state index is 0.291. The minimum atomic E-state index is -0.291. The molecule has 1 nitrogen and oxygen atoms in total. The average Bonchev–Trinajstić information content (AvgIpc) is 1.90. The molecule has 0 saturated heterocycles. The van der Waals surface area contributed by atoms with Crippen molar-refractivity contribution in [3.05, 3.63) is 12.2 Å². The summed E-state index contributed by atoms with van der Waals surface area (Å²) in [5.41, 5.74) is 0. The molecule has 0 fully saturated rings. The van der Waals surface area contributed by atoms with E-state index >= 15 is 0 Å². The van der Waals surface area contributed by atoms with Crippen LogP contribution in [0.3, 0.4) is 0 Å².